The second-order valence-electron chi connectivity index (χ2n) is 6.22. The van der Waals surface area contributed by atoms with Gasteiger partial charge in [-0.1, -0.05) is 46.5 Å². The number of hydrogen-bond acceptors (Lipinski definition) is 1. The summed E-state index contributed by atoms with van der Waals surface area (Å²) in [5, 5.41) is 0. The van der Waals surface area contributed by atoms with Gasteiger partial charge in [-0.05, 0) is 30.4 Å². The number of nitrogens with zero attached hydrogens (tertiary/aromatic N) is 1. The summed E-state index contributed by atoms with van der Waals surface area (Å²) < 4.78 is 26.7. The predicted octanol–water partition coefficient (Wildman–Crippen LogP) is 5.64. The molecule has 0 saturated carbocycles. The van der Waals surface area contributed by atoms with Crippen LogP contribution < -0.4 is 4.90 Å². The molecule has 0 amide bonds. The van der Waals surface area contributed by atoms with Crippen LogP contribution in [0.15, 0.2) is 18.2 Å². The smallest absolute Gasteiger partial charge is 0.149 e. The fraction of sp³-hybridized carbons (Fsp3) is 0.667. The quantitative estimate of drug-likeness (QED) is 0.570. The Hall–Kier alpha value is -1.12. The van der Waals surface area contributed by atoms with Crippen LogP contribution in [0.5, 0.6) is 0 Å². The van der Waals surface area contributed by atoms with Crippen molar-refractivity contribution in [2.75, 3.05) is 18.5 Å². The Kier molecular flexibility index (Phi) is 7.69. The minimum absolute atomic E-state index is 0.476. The molecule has 0 N–H and O–H groups in total. The summed E-state index contributed by atoms with van der Waals surface area (Å²) in [6.45, 7) is 7.49. The van der Waals surface area contributed by atoms with Crippen molar-refractivity contribution in [3.63, 3.8) is 0 Å². The van der Waals surface area contributed by atoms with E-state index in [1.807, 2.05) is 11.9 Å². The van der Waals surface area contributed by atoms with E-state index in [-0.39, 0.29) is 0 Å². The molecule has 0 heterocycles. The zero-order chi connectivity index (χ0) is 15.8. The number of anilines is 1. The van der Waals surface area contributed by atoms with Crippen molar-refractivity contribution in [3.05, 3.63) is 29.8 Å². The third-order valence-corrected chi connectivity index (χ3v) is 4.25. The molecule has 2 unspecified atom stereocenters. The van der Waals surface area contributed by atoms with Crippen LogP contribution in [0, 0.1) is 23.5 Å². The van der Waals surface area contributed by atoms with Gasteiger partial charge in [0.05, 0.1) is 5.69 Å². The van der Waals surface area contributed by atoms with Crippen molar-refractivity contribution < 1.29 is 8.78 Å². The summed E-state index contributed by atoms with van der Waals surface area (Å²) in [5.74, 6) is 0.306. The number of hydrogen-bond donors (Lipinski definition) is 0. The highest BCUT2D eigenvalue weighted by Crippen LogP contribution is 2.23. The molecule has 1 aromatic rings. The van der Waals surface area contributed by atoms with Crippen molar-refractivity contribution in [3.8, 4) is 0 Å². The minimum atomic E-state index is -0.525. The van der Waals surface area contributed by atoms with Crippen LogP contribution in [0.2, 0.25) is 0 Å². The van der Waals surface area contributed by atoms with Crippen molar-refractivity contribution in [2.45, 2.75) is 52.9 Å². The van der Waals surface area contributed by atoms with E-state index in [0.29, 0.717) is 11.6 Å². The molecule has 1 nitrogen and oxygen atoms in total. The average molecular weight is 297 g/mol. The molecule has 0 fully saturated rings. The number of halogens is 2. The SMILES string of the molecule is CCCC(CC)CCC(C)CN(C)c1ccc(F)cc1F. The van der Waals surface area contributed by atoms with Crippen LogP contribution in [-0.2, 0) is 0 Å². The topological polar surface area (TPSA) is 3.24 Å². The molecular weight excluding hydrogens is 268 g/mol. The lowest BCUT2D eigenvalue weighted by molar-refractivity contribution is 0.378. The van der Waals surface area contributed by atoms with Crippen molar-refractivity contribution >= 4 is 5.69 Å². The highest BCUT2D eigenvalue weighted by atomic mass is 19.1. The minimum Gasteiger partial charge on any atom is -0.372 e. The van der Waals surface area contributed by atoms with Crippen LogP contribution in [0.4, 0.5) is 14.5 Å². The van der Waals surface area contributed by atoms with Gasteiger partial charge in [0.25, 0.3) is 0 Å². The second-order valence-corrected chi connectivity index (χ2v) is 6.22. The van der Waals surface area contributed by atoms with Gasteiger partial charge in [0.2, 0.25) is 0 Å². The van der Waals surface area contributed by atoms with E-state index in [1.54, 1.807) is 0 Å². The van der Waals surface area contributed by atoms with Crippen molar-refractivity contribution in [1.29, 1.82) is 0 Å². The highest BCUT2D eigenvalue weighted by molar-refractivity contribution is 5.47. The van der Waals surface area contributed by atoms with Gasteiger partial charge >= 0.3 is 0 Å². The Morgan fingerprint density at radius 1 is 1.10 bits per heavy atom. The molecule has 0 spiro atoms. The normalized spacial score (nSPS) is 14.0. The van der Waals surface area contributed by atoms with Crippen LogP contribution in [0.3, 0.4) is 0 Å². The summed E-state index contributed by atoms with van der Waals surface area (Å²) in [7, 11) is 1.87. The third-order valence-electron chi connectivity index (χ3n) is 4.25. The lowest BCUT2D eigenvalue weighted by Crippen LogP contribution is -2.25. The summed E-state index contributed by atoms with van der Waals surface area (Å²) in [5.41, 5.74) is 0.476. The van der Waals surface area contributed by atoms with E-state index in [4.69, 9.17) is 0 Å². The first-order valence-electron chi connectivity index (χ1n) is 8.14. The fourth-order valence-electron chi connectivity index (χ4n) is 2.93. The molecule has 0 bridgehead atoms. The molecule has 21 heavy (non-hydrogen) atoms. The number of rotatable bonds is 9. The van der Waals surface area contributed by atoms with Crippen LogP contribution in [0.1, 0.15) is 52.9 Å². The van der Waals surface area contributed by atoms with Gasteiger partial charge in [0.15, 0.2) is 0 Å². The van der Waals surface area contributed by atoms with Gasteiger partial charge in [0.1, 0.15) is 11.6 Å². The van der Waals surface area contributed by atoms with Crippen LogP contribution >= 0.6 is 0 Å². The van der Waals surface area contributed by atoms with E-state index >= 15 is 0 Å². The van der Waals surface area contributed by atoms with Gasteiger partial charge in [0, 0.05) is 19.7 Å². The second kappa shape index (κ2) is 9.01. The predicted molar refractivity (Wildman–Crippen MR) is 86.7 cm³/mol. The third kappa shape index (κ3) is 6.03. The van der Waals surface area contributed by atoms with E-state index < -0.39 is 11.6 Å². The molecule has 0 aromatic heterocycles. The Balaban J connectivity index is 2.48. The van der Waals surface area contributed by atoms with Crippen LogP contribution in [-0.4, -0.2) is 13.6 Å². The Bertz CT molecular complexity index is 420. The maximum atomic E-state index is 13.7. The maximum Gasteiger partial charge on any atom is 0.149 e. The highest BCUT2D eigenvalue weighted by Gasteiger charge is 2.13. The van der Waals surface area contributed by atoms with E-state index in [0.717, 1.165) is 24.9 Å². The molecule has 0 aliphatic carbocycles. The van der Waals surface area contributed by atoms with Crippen LogP contribution in [0.25, 0.3) is 0 Å². The molecule has 1 aromatic carbocycles. The summed E-state index contributed by atoms with van der Waals surface area (Å²) >= 11 is 0. The van der Waals surface area contributed by atoms with Crippen molar-refractivity contribution in [2.24, 2.45) is 11.8 Å². The Labute approximate surface area is 128 Å². The van der Waals surface area contributed by atoms with Gasteiger partial charge in [-0.15, -0.1) is 0 Å². The first-order valence-corrected chi connectivity index (χ1v) is 8.14. The first-order chi connectivity index (χ1) is 9.97. The summed E-state index contributed by atoms with van der Waals surface area (Å²) in [6, 6.07) is 3.78. The van der Waals surface area contributed by atoms with E-state index in [2.05, 4.69) is 20.8 Å². The molecule has 0 radical (unpaired) electrons. The Morgan fingerprint density at radius 2 is 1.81 bits per heavy atom. The fourth-order valence-corrected chi connectivity index (χ4v) is 2.93. The summed E-state index contributed by atoms with van der Waals surface area (Å²) in [6.07, 6.45) is 6.18. The average Bonchev–Trinajstić information content (AvgIpc) is 2.43. The van der Waals surface area contributed by atoms with E-state index in [9.17, 15) is 8.78 Å². The van der Waals surface area contributed by atoms with E-state index in [1.165, 1.54) is 37.8 Å². The molecule has 2 atom stereocenters. The van der Waals surface area contributed by atoms with Gasteiger partial charge < -0.3 is 4.90 Å². The largest absolute Gasteiger partial charge is 0.372 e. The molecule has 1 rings (SSSR count). The monoisotopic (exact) mass is 297 g/mol. The first kappa shape index (κ1) is 17.9. The van der Waals surface area contributed by atoms with Gasteiger partial charge in [-0.25, -0.2) is 8.78 Å². The lowest BCUT2D eigenvalue weighted by Gasteiger charge is -2.25. The molecule has 0 aliphatic rings. The van der Waals surface area contributed by atoms with Crippen molar-refractivity contribution in [1.82, 2.24) is 0 Å². The molecule has 120 valence electrons. The molecule has 3 heteroatoms. The zero-order valence-electron chi connectivity index (χ0n) is 13.8. The molecular formula is C18H29F2N. The lowest BCUT2D eigenvalue weighted by atomic mass is 9.91. The number of benzene rings is 1. The summed E-state index contributed by atoms with van der Waals surface area (Å²) in [4.78, 5) is 1.89. The maximum absolute atomic E-state index is 13.7. The van der Waals surface area contributed by atoms with Gasteiger partial charge in [-0.2, -0.15) is 0 Å². The van der Waals surface area contributed by atoms with Gasteiger partial charge in [-0.3, -0.25) is 0 Å². The standard InChI is InChI=1S/C18H29F2N/c1-5-7-15(6-2)9-8-14(3)13-21(4)18-11-10-16(19)12-17(18)20/h10-12,14-15H,5-9,13H2,1-4H3. The Morgan fingerprint density at radius 3 is 2.38 bits per heavy atom. The zero-order valence-corrected chi connectivity index (χ0v) is 13.8. The molecule has 0 aliphatic heterocycles. The molecule has 0 saturated heterocycles.